The summed E-state index contributed by atoms with van der Waals surface area (Å²) >= 11 is 1.49. The monoisotopic (exact) mass is 309 g/mol. The minimum Gasteiger partial charge on any atom is -0.455 e. The molecule has 115 valence electrons. The molecule has 0 aromatic carbocycles. The average Bonchev–Trinajstić information content (AvgIpc) is 2.80. The smallest absolute Gasteiger partial charge is 0.303 e. The highest BCUT2D eigenvalue weighted by Crippen LogP contribution is 2.29. The molecule has 0 aliphatic heterocycles. The molecule has 0 saturated carbocycles. The number of carbonyl (C=O) groups is 2. The highest BCUT2D eigenvalue weighted by molar-refractivity contribution is 7.09. The highest BCUT2D eigenvalue weighted by Gasteiger charge is 2.27. The van der Waals surface area contributed by atoms with Crippen LogP contribution >= 0.6 is 11.3 Å². The molecule has 0 fully saturated rings. The minimum absolute atomic E-state index is 0.0868. The van der Waals surface area contributed by atoms with Gasteiger partial charge in [-0.1, -0.05) is 13.8 Å². The average molecular weight is 309 g/mol. The summed E-state index contributed by atoms with van der Waals surface area (Å²) in [5.74, 6) is -0.0114. The number of hydrogen-bond acceptors (Lipinski definition) is 6. The summed E-state index contributed by atoms with van der Waals surface area (Å²) < 4.78 is 5.44. The summed E-state index contributed by atoms with van der Waals surface area (Å²) in [6.45, 7) is 7.48. The largest absolute Gasteiger partial charge is 0.455 e. The van der Waals surface area contributed by atoms with Gasteiger partial charge in [0.05, 0.1) is 6.19 Å². The summed E-state index contributed by atoms with van der Waals surface area (Å²) in [6, 6.07) is 0.0868. The molecule has 1 aromatic heterocycles. The molecule has 2 atom stereocenters. The van der Waals surface area contributed by atoms with Crippen LogP contribution in [0.3, 0.4) is 0 Å². The Labute approximate surface area is 131 Å². The maximum Gasteiger partial charge on any atom is 0.303 e. The van der Waals surface area contributed by atoms with Crippen LogP contribution in [0.1, 0.15) is 44.0 Å². The van der Waals surface area contributed by atoms with E-state index >= 15 is 0 Å². The quantitative estimate of drug-likeness (QED) is 0.418. The van der Waals surface area contributed by atoms with E-state index in [9.17, 15) is 9.59 Å². The van der Waals surface area contributed by atoms with E-state index in [0.717, 1.165) is 16.9 Å². The Bertz CT molecular complexity index is 479. The van der Waals surface area contributed by atoms with Crippen LogP contribution in [0.15, 0.2) is 5.38 Å². The fourth-order valence-electron chi connectivity index (χ4n) is 2.25. The third-order valence-electron chi connectivity index (χ3n) is 3.26. The first kappa shape index (κ1) is 17.8. The van der Waals surface area contributed by atoms with Gasteiger partial charge in [-0.3, -0.25) is 4.79 Å². The Morgan fingerprint density at radius 2 is 2.24 bits per heavy atom. The van der Waals surface area contributed by atoms with Crippen LogP contribution in [0.2, 0.25) is 0 Å². The Morgan fingerprint density at radius 3 is 2.67 bits per heavy atom. The van der Waals surface area contributed by atoms with Gasteiger partial charge in [-0.15, -0.1) is 11.3 Å². The molecule has 1 aromatic rings. The van der Waals surface area contributed by atoms with Gasteiger partial charge in [-0.25, -0.2) is 4.98 Å². The standard InChI is InChI=1S/C14H22BN2O3S/c1-9(2)12(17(5)15-8-18)6-13(20-11(4)19)14-16-10(3)7-21-14/h7-9,12-13H,6H2,1-5H3/t12?,13-/m0/s1. The Kier molecular flexibility index (Phi) is 7.04. The number of ether oxygens (including phenoxy) is 1. The third kappa shape index (κ3) is 5.59. The van der Waals surface area contributed by atoms with Crippen molar-refractivity contribution in [2.24, 2.45) is 5.92 Å². The summed E-state index contributed by atoms with van der Waals surface area (Å²) in [7, 11) is 3.36. The lowest BCUT2D eigenvalue weighted by molar-refractivity contribution is -0.147. The molecule has 0 bridgehead atoms. The van der Waals surface area contributed by atoms with Gasteiger partial charge in [-0.05, 0) is 19.9 Å². The topological polar surface area (TPSA) is 59.5 Å². The Balaban J connectivity index is 2.91. The third-order valence-corrected chi connectivity index (χ3v) is 4.32. The molecule has 0 aliphatic carbocycles. The molecular weight excluding hydrogens is 287 g/mol. The number of thiazole rings is 1. The zero-order chi connectivity index (χ0) is 16.0. The molecule has 1 rings (SSSR count). The van der Waals surface area contributed by atoms with E-state index in [-0.39, 0.29) is 18.1 Å². The van der Waals surface area contributed by atoms with Crippen molar-refractivity contribution in [3.63, 3.8) is 0 Å². The number of esters is 1. The summed E-state index contributed by atoms with van der Waals surface area (Å²) in [6.07, 6.45) is 0.991. The summed E-state index contributed by atoms with van der Waals surface area (Å²) in [5, 5.41) is 2.74. The number of aryl methyl sites for hydroxylation is 1. The fraction of sp³-hybridized carbons (Fsp3) is 0.643. The van der Waals surface area contributed by atoms with Gasteiger partial charge in [0.1, 0.15) is 5.01 Å². The zero-order valence-electron chi connectivity index (χ0n) is 13.2. The molecule has 21 heavy (non-hydrogen) atoms. The lowest BCUT2D eigenvalue weighted by Gasteiger charge is -2.32. The second-order valence-corrected chi connectivity index (χ2v) is 6.31. The first-order valence-electron chi connectivity index (χ1n) is 6.95. The van der Waals surface area contributed by atoms with Crippen molar-refractivity contribution >= 4 is 30.9 Å². The molecule has 0 N–H and O–H groups in total. The van der Waals surface area contributed by atoms with Gasteiger partial charge >= 0.3 is 5.97 Å². The fourth-order valence-corrected chi connectivity index (χ4v) is 3.09. The normalized spacial score (nSPS) is 14.0. The van der Waals surface area contributed by atoms with Crippen molar-refractivity contribution < 1.29 is 14.3 Å². The van der Waals surface area contributed by atoms with E-state index in [1.54, 1.807) is 0 Å². The number of nitrogens with zero attached hydrogens (tertiary/aromatic N) is 2. The Morgan fingerprint density at radius 1 is 1.57 bits per heavy atom. The van der Waals surface area contributed by atoms with E-state index in [4.69, 9.17) is 4.74 Å². The second kappa shape index (κ2) is 8.29. The van der Waals surface area contributed by atoms with Crippen molar-refractivity contribution in [2.75, 3.05) is 7.05 Å². The maximum atomic E-state index is 11.4. The van der Waals surface area contributed by atoms with Crippen LogP contribution in [-0.4, -0.2) is 42.5 Å². The predicted octanol–water partition coefficient (Wildman–Crippen LogP) is 2.21. The van der Waals surface area contributed by atoms with Gasteiger partial charge in [0.15, 0.2) is 6.10 Å². The van der Waals surface area contributed by atoms with Gasteiger partial charge in [0.2, 0.25) is 0 Å². The molecule has 0 spiro atoms. The van der Waals surface area contributed by atoms with Gasteiger partial charge in [0.25, 0.3) is 7.41 Å². The van der Waals surface area contributed by atoms with Crippen LogP contribution in [-0.2, 0) is 14.3 Å². The first-order chi connectivity index (χ1) is 9.85. The Hall–Kier alpha value is -1.21. The molecule has 0 aliphatic rings. The molecule has 1 heterocycles. The van der Waals surface area contributed by atoms with Crippen LogP contribution in [0, 0.1) is 12.8 Å². The van der Waals surface area contributed by atoms with E-state index in [1.807, 2.05) is 24.2 Å². The molecule has 0 saturated heterocycles. The van der Waals surface area contributed by atoms with E-state index in [0.29, 0.717) is 12.3 Å². The predicted molar refractivity (Wildman–Crippen MR) is 84.9 cm³/mol. The highest BCUT2D eigenvalue weighted by atomic mass is 32.1. The van der Waals surface area contributed by atoms with E-state index in [1.165, 1.54) is 25.7 Å². The van der Waals surface area contributed by atoms with Crippen LogP contribution in [0.4, 0.5) is 0 Å². The minimum atomic E-state index is -0.379. The SMILES string of the molecule is CC(=O)O[C@@H](CC(C(C)C)N(C)[B]C=O)c1nc(C)cs1. The number of carbonyl (C=O) groups excluding carboxylic acids is 2. The van der Waals surface area contributed by atoms with E-state index < -0.39 is 0 Å². The van der Waals surface area contributed by atoms with Gasteiger partial charge < -0.3 is 14.3 Å². The zero-order valence-corrected chi connectivity index (χ0v) is 14.0. The maximum absolute atomic E-state index is 11.4. The molecule has 7 heteroatoms. The van der Waals surface area contributed by atoms with Crippen molar-refractivity contribution in [3.8, 4) is 0 Å². The van der Waals surface area contributed by atoms with Crippen molar-refractivity contribution in [1.82, 2.24) is 9.79 Å². The molecular formula is C14H22BN2O3S. The van der Waals surface area contributed by atoms with Crippen molar-refractivity contribution in [1.29, 1.82) is 0 Å². The summed E-state index contributed by atoms with van der Waals surface area (Å²) in [4.78, 5) is 28.3. The van der Waals surface area contributed by atoms with Crippen molar-refractivity contribution in [2.45, 2.75) is 46.3 Å². The summed E-state index contributed by atoms with van der Waals surface area (Å²) in [5.41, 5.74) is 0.918. The second-order valence-electron chi connectivity index (χ2n) is 5.42. The molecule has 5 nitrogen and oxygen atoms in total. The lowest BCUT2D eigenvalue weighted by Crippen LogP contribution is -2.40. The molecule has 1 unspecified atom stereocenters. The van der Waals surface area contributed by atoms with Crippen LogP contribution < -0.4 is 0 Å². The van der Waals surface area contributed by atoms with E-state index in [2.05, 4.69) is 18.8 Å². The van der Waals surface area contributed by atoms with Crippen LogP contribution in [0.5, 0.6) is 0 Å². The van der Waals surface area contributed by atoms with Crippen LogP contribution in [0.25, 0.3) is 0 Å². The number of rotatable bonds is 8. The lowest BCUT2D eigenvalue weighted by atomic mass is 9.86. The van der Waals surface area contributed by atoms with Gasteiger partial charge in [0, 0.05) is 30.5 Å². The first-order valence-corrected chi connectivity index (χ1v) is 7.83. The molecule has 0 amide bonds. The number of hydrogen-bond donors (Lipinski definition) is 0. The van der Waals surface area contributed by atoms with Gasteiger partial charge in [-0.2, -0.15) is 0 Å². The number of aromatic nitrogens is 1. The molecule has 1 radical (unpaired) electrons. The van der Waals surface area contributed by atoms with Crippen molar-refractivity contribution in [3.05, 3.63) is 16.1 Å².